The van der Waals surface area contributed by atoms with E-state index in [1.54, 1.807) is 12.1 Å². The van der Waals surface area contributed by atoms with Gasteiger partial charge in [0, 0.05) is 6.04 Å². The Hall–Kier alpha value is -1.71. The molecule has 0 aromatic heterocycles. The van der Waals surface area contributed by atoms with Gasteiger partial charge in [0.05, 0.1) is 0 Å². The third-order valence-electron chi connectivity index (χ3n) is 1.66. The summed E-state index contributed by atoms with van der Waals surface area (Å²) in [6.45, 7) is 3.76. The SMILES string of the molecule is CC(C)NC(=O)COc1ccc(O)cc1. The van der Waals surface area contributed by atoms with Crippen molar-refractivity contribution in [2.45, 2.75) is 19.9 Å². The van der Waals surface area contributed by atoms with Crippen LogP contribution in [-0.4, -0.2) is 23.7 Å². The highest BCUT2D eigenvalue weighted by molar-refractivity contribution is 5.77. The van der Waals surface area contributed by atoms with Crippen molar-refractivity contribution in [3.8, 4) is 11.5 Å². The molecule has 0 unspecified atom stereocenters. The monoisotopic (exact) mass is 209 g/mol. The highest BCUT2D eigenvalue weighted by Gasteiger charge is 2.03. The minimum atomic E-state index is -0.155. The molecule has 1 aromatic carbocycles. The van der Waals surface area contributed by atoms with E-state index in [1.165, 1.54) is 12.1 Å². The van der Waals surface area contributed by atoms with E-state index >= 15 is 0 Å². The molecular formula is C11H15NO3. The van der Waals surface area contributed by atoms with Crippen molar-refractivity contribution in [3.05, 3.63) is 24.3 Å². The molecule has 1 aromatic rings. The van der Waals surface area contributed by atoms with Crippen LogP contribution in [0.1, 0.15) is 13.8 Å². The summed E-state index contributed by atoms with van der Waals surface area (Å²) in [7, 11) is 0. The average molecular weight is 209 g/mol. The summed E-state index contributed by atoms with van der Waals surface area (Å²) < 4.78 is 5.20. The zero-order valence-corrected chi connectivity index (χ0v) is 8.86. The predicted molar refractivity (Wildman–Crippen MR) is 56.9 cm³/mol. The summed E-state index contributed by atoms with van der Waals surface area (Å²) >= 11 is 0. The molecule has 15 heavy (non-hydrogen) atoms. The first-order chi connectivity index (χ1) is 7.08. The van der Waals surface area contributed by atoms with Crippen LogP contribution in [0.2, 0.25) is 0 Å². The van der Waals surface area contributed by atoms with Gasteiger partial charge in [-0.25, -0.2) is 0 Å². The Morgan fingerprint density at radius 2 is 2.00 bits per heavy atom. The first-order valence-corrected chi connectivity index (χ1v) is 4.79. The van der Waals surface area contributed by atoms with E-state index in [1.807, 2.05) is 13.8 Å². The molecule has 4 nitrogen and oxygen atoms in total. The zero-order valence-electron chi connectivity index (χ0n) is 8.86. The molecule has 4 heteroatoms. The van der Waals surface area contributed by atoms with Gasteiger partial charge in [0.1, 0.15) is 11.5 Å². The maximum Gasteiger partial charge on any atom is 0.258 e. The number of aromatic hydroxyl groups is 1. The zero-order chi connectivity index (χ0) is 11.3. The summed E-state index contributed by atoms with van der Waals surface area (Å²) in [4.78, 5) is 11.2. The van der Waals surface area contributed by atoms with E-state index in [9.17, 15) is 4.79 Å². The topological polar surface area (TPSA) is 58.6 Å². The summed E-state index contributed by atoms with van der Waals surface area (Å²) in [5.74, 6) is 0.582. The largest absolute Gasteiger partial charge is 0.508 e. The minimum Gasteiger partial charge on any atom is -0.508 e. The third kappa shape index (κ3) is 4.35. The molecular weight excluding hydrogens is 194 g/mol. The number of hydrogen-bond donors (Lipinski definition) is 2. The molecule has 82 valence electrons. The fraction of sp³-hybridized carbons (Fsp3) is 0.364. The molecule has 0 aliphatic heterocycles. The number of benzene rings is 1. The van der Waals surface area contributed by atoms with Crippen LogP contribution in [0.3, 0.4) is 0 Å². The lowest BCUT2D eigenvalue weighted by molar-refractivity contribution is -0.123. The second kappa shape index (κ2) is 5.24. The Kier molecular flexibility index (Phi) is 3.97. The normalized spacial score (nSPS) is 10.1. The third-order valence-corrected chi connectivity index (χ3v) is 1.66. The van der Waals surface area contributed by atoms with Gasteiger partial charge in [-0.3, -0.25) is 4.79 Å². The van der Waals surface area contributed by atoms with Gasteiger partial charge >= 0.3 is 0 Å². The van der Waals surface area contributed by atoms with Crippen LogP contribution in [0.4, 0.5) is 0 Å². The van der Waals surface area contributed by atoms with Crippen LogP contribution in [0, 0.1) is 0 Å². The quantitative estimate of drug-likeness (QED) is 0.785. The lowest BCUT2D eigenvalue weighted by atomic mass is 10.3. The van der Waals surface area contributed by atoms with Gasteiger partial charge in [-0.05, 0) is 38.1 Å². The first kappa shape index (κ1) is 11.4. The molecule has 0 saturated carbocycles. The number of nitrogens with one attached hydrogen (secondary N) is 1. The minimum absolute atomic E-state index is 0.0110. The molecule has 0 spiro atoms. The molecule has 0 aliphatic carbocycles. The lowest BCUT2D eigenvalue weighted by Gasteiger charge is -2.09. The Labute approximate surface area is 88.9 Å². The van der Waals surface area contributed by atoms with Gasteiger partial charge in [-0.1, -0.05) is 0 Å². The number of hydrogen-bond acceptors (Lipinski definition) is 3. The summed E-state index contributed by atoms with van der Waals surface area (Å²) in [6, 6.07) is 6.35. The second-order valence-electron chi connectivity index (χ2n) is 3.50. The first-order valence-electron chi connectivity index (χ1n) is 4.79. The van der Waals surface area contributed by atoms with E-state index in [0.717, 1.165) is 0 Å². The fourth-order valence-electron chi connectivity index (χ4n) is 1.05. The van der Waals surface area contributed by atoms with Gasteiger partial charge in [-0.15, -0.1) is 0 Å². The Bertz CT molecular complexity index is 319. The molecule has 1 amide bonds. The van der Waals surface area contributed by atoms with Gasteiger partial charge in [0.25, 0.3) is 5.91 Å². The van der Waals surface area contributed by atoms with Crippen molar-refractivity contribution in [1.82, 2.24) is 5.32 Å². The average Bonchev–Trinajstić information content (AvgIpc) is 2.16. The maximum absolute atomic E-state index is 11.2. The number of phenols is 1. The smallest absolute Gasteiger partial charge is 0.258 e. The molecule has 0 atom stereocenters. The van der Waals surface area contributed by atoms with Crippen molar-refractivity contribution < 1.29 is 14.6 Å². The standard InChI is InChI=1S/C11H15NO3/c1-8(2)12-11(14)7-15-10-5-3-9(13)4-6-10/h3-6,8,13H,7H2,1-2H3,(H,12,14). The number of ether oxygens (including phenoxy) is 1. The van der Waals surface area contributed by atoms with Crippen molar-refractivity contribution in [2.75, 3.05) is 6.61 Å². The molecule has 0 heterocycles. The van der Waals surface area contributed by atoms with E-state index in [0.29, 0.717) is 5.75 Å². The summed E-state index contributed by atoms with van der Waals surface area (Å²) in [6.07, 6.45) is 0. The Morgan fingerprint density at radius 3 is 2.53 bits per heavy atom. The van der Waals surface area contributed by atoms with Gasteiger partial charge < -0.3 is 15.2 Å². The maximum atomic E-state index is 11.2. The van der Waals surface area contributed by atoms with Crippen LogP contribution >= 0.6 is 0 Å². The number of phenolic OH excluding ortho intramolecular Hbond substituents is 1. The van der Waals surface area contributed by atoms with Crippen molar-refractivity contribution in [3.63, 3.8) is 0 Å². The molecule has 0 radical (unpaired) electrons. The van der Waals surface area contributed by atoms with Crippen LogP contribution in [0.5, 0.6) is 11.5 Å². The van der Waals surface area contributed by atoms with Crippen LogP contribution < -0.4 is 10.1 Å². The number of rotatable bonds is 4. The number of carbonyl (C=O) groups is 1. The lowest BCUT2D eigenvalue weighted by Crippen LogP contribution is -2.34. The van der Waals surface area contributed by atoms with E-state index in [-0.39, 0.29) is 24.3 Å². The number of carbonyl (C=O) groups excluding carboxylic acids is 1. The second-order valence-corrected chi connectivity index (χ2v) is 3.50. The van der Waals surface area contributed by atoms with Gasteiger partial charge in [-0.2, -0.15) is 0 Å². The van der Waals surface area contributed by atoms with Crippen molar-refractivity contribution in [2.24, 2.45) is 0 Å². The predicted octanol–water partition coefficient (Wildman–Crippen LogP) is 1.30. The molecule has 2 N–H and O–H groups in total. The molecule has 0 fully saturated rings. The van der Waals surface area contributed by atoms with Crippen LogP contribution in [0.15, 0.2) is 24.3 Å². The van der Waals surface area contributed by atoms with Gasteiger partial charge in [0.2, 0.25) is 0 Å². The molecule has 0 aliphatic rings. The molecule has 0 saturated heterocycles. The van der Waals surface area contributed by atoms with Crippen LogP contribution in [0.25, 0.3) is 0 Å². The number of amides is 1. The Morgan fingerprint density at radius 1 is 1.40 bits per heavy atom. The van der Waals surface area contributed by atoms with Crippen molar-refractivity contribution >= 4 is 5.91 Å². The van der Waals surface area contributed by atoms with Crippen LogP contribution in [-0.2, 0) is 4.79 Å². The molecule has 0 bridgehead atoms. The van der Waals surface area contributed by atoms with E-state index in [2.05, 4.69) is 5.32 Å². The fourth-order valence-corrected chi connectivity index (χ4v) is 1.05. The summed E-state index contributed by atoms with van der Waals surface area (Å²) in [5, 5.41) is 11.7. The van der Waals surface area contributed by atoms with Gasteiger partial charge in [0.15, 0.2) is 6.61 Å². The highest BCUT2D eigenvalue weighted by Crippen LogP contribution is 2.15. The highest BCUT2D eigenvalue weighted by atomic mass is 16.5. The summed E-state index contributed by atoms with van der Waals surface area (Å²) in [5.41, 5.74) is 0. The Balaban J connectivity index is 2.37. The van der Waals surface area contributed by atoms with Crippen molar-refractivity contribution in [1.29, 1.82) is 0 Å². The van der Waals surface area contributed by atoms with E-state index < -0.39 is 0 Å². The van der Waals surface area contributed by atoms with E-state index in [4.69, 9.17) is 9.84 Å². The molecule has 1 rings (SSSR count).